The highest BCUT2D eigenvalue weighted by atomic mass is 32.1. The topological polar surface area (TPSA) is 61.9 Å². The number of aryl methyl sites for hydroxylation is 3. The number of rotatable bonds is 4. The summed E-state index contributed by atoms with van der Waals surface area (Å²) in [5.74, 6) is 0.0695. The van der Waals surface area contributed by atoms with Gasteiger partial charge in [-0.15, -0.1) is 10.2 Å². The highest BCUT2D eigenvalue weighted by molar-refractivity contribution is 7.80. The van der Waals surface area contributed by atoms with Gasteiger partial charge in [0.1, 0.15) is 0 Å². The third kappa shape index (κ3) is 4.49. The number of fused-ring (bicyclic) bond motifs is 1. The molecule has 3 aromatic carbocycles. The Morgan fingerprint density at radius 3 is 2.45 bits per heavy atom. The van der Waals surface area contributed by atoms with Crippen LogP contribution in [-0.2, 0) is 6.54 Å². The molecule has 0 aliphatic rings. The van der Waals surface area contributed by atoms with Gasteiger partial charge < -0.3 is 15.0 Å². The van der Waals surface area contributed by atoms with Crippen molar-refractivity contribution in [2.24, 2.45) is 10.2 Å². The Balaban J connectivity index is 1.64. The van der Waals surface area contributed by atoms with Crippen molar-refractivity contribution in [2.75, 3.05) is 5.32 Å². The first-order chi connectivity index (χ1) is 14.9. The number of aromatic nitrogens is 1. The van der Waals surface area contributed by atoms with E-state index in [1.54, 1.807) is 0 Å². The molecule has 0 unspecified atom stereocenters. The molecule has 0 fully saturated rings. The molecule has 5 nitrogen and oxygen atoms in total. The van der Waals surface area contributed by atoms with E-state index in [4.69, 9.17) is 12.2 Å². The van der Waals surface area contributed by atoms with Crippen LogP contribution in [-0.4, -0.2) is 14.8 Å². The number of benzene rings is 3. The fraction of sp³-hybridized carbons (Fsp3) is 0.160. The van der Waals surface area contributed by atoms with E-state index in [-0.39, 0.29) is 11.0 Å². The first-order valence-corrected chi connectivity index (χ1v) is 10.5. The van der Waals surface area contributed by atoms with Crippen molar-refractivity contribution in [1.29, 1.82) is 0 Å². The molecule has 0 bridgehead atoms. The standard InChI is InChI=1S/C25H24N4OS/c1-16-9-12-19(13-10-16)15-29-22-7-5-4-6-20(22)23(24(29)30)27-28-25(31)26-21-14-17(2)8-11-18(21)3/h4-14,30H,15H2,1-3H3,(H,26,31). The van der Waals surface area contributed by atoms with Crippen LogP contribution in [0.1, 0.15) is 22.3 Å². The molecule has 0 spiro atoms. The van der Waals surface area contributed by atoms with Crippen LogP contribution in [0.2, 0.25) is 0 Å². The Morgan fingerprint density at radius 1 is 0.968 bits per heavy atom. The zero-order chi connectivity index (χ0) is 22.0. The van der Waals surface area contributed by atoms with Crippen LogP contribution in [0.5, 0.6) is 5.88 Å². The van der Waals surface area contributed by atoms with Gasteiger partial charge in [-0.05, 0) is 61.8 Å². The summed E-state index contributed by atoms with van der Waals surface area (Å²) in [5, 5.41) is 23.6. The number of thiocarbonyl (C=S) groups is 1. The molecule has 4 rings (SSSR count). The lowest BCUT2D eigenvalue weighted by molar-refractivity contribution is 0.429. The van der Waals surface area contributed by atoms with Crippen molar-refractivity contribution in [1.82, 2.24) is 4.57 Å². The average Bonchev–Trinajstić information content (AvgIpc) is 3.02. The maximum absolute atomic E-state index is 11.0. The van der Waals surface area contributed by atoms with Crippen molar-refractivity contribution in [3.05, 3.63) is 89.0 Å². The molecule has 0 aliphatic heterocycles. The lowest BCUT2D eigenvalue weighted by Gasteiger charge is -2.08. The van der Waals surface area contributed by atoms with E-state index in [1.807, 2.05) is 60.9 Å². The van der Waals surface area contributed by atoms with Gasteiger partial charge in [-0.3, -0.25) is 0 Å². The summed E-state index contributed by atoms with van der Waals surface area (Å²) >= 11 is 5.37. The van der Waals surface area contributed by atoms with Gasteiger partial charge in [-0.2, -0.15) is 0 Å². The van der Waals surface area contributed by atoms with Gasteiger partial charge in [0.25, 0.3) is 0 Å². The molecule has 4 aromatic rings. The number of anilines is 1. The summed E-state index contributed by atoms with van der Waals surface area (Å²) in [6.07, 6.45) is 0. The lowest BCUT2D eigenvalue weighted by Crippen LogP contribution is -2.06. The summed E-state index contributed by atoms with van der Waals surface area (Å²) in [4.78, 5) is 0. The molecule has 1 heterocycles. The van der Waals surface area contributed by atoms with E-state index in [0.717, 1.165) is 33.3 Å². The number of aromatic hydroxyl groups is 1. The van der Waals surface area contributed by atoms with Crippen molar-refractivity contribution in [2.45, 2.75) is 27.3 Å². The normalized spacial score (nSPS) is 11.3. The smallest absolute Gasteiger partial charge is 0.221 e. The van der Waals surface area contributed by atoms with E-state index >= 15 is 0 Å². The molecule has 0 radical (unpaired) electrons. The SMILES string of the molecule is Cc1ccc(Cn2c(O)c(N=NC(=S)Nc3cc(C)ccc3C)c3ccccc32)cc1. The number of hydrogen-bond acceptors (Lipinski definition) is 3. The highest BCUT2D eigenvalue weighted by Crippen LogP contribution is 2.39. The predicted octanol–water partition coefficient (Wildman–Crippen LogP) is 6.80. The Labute approximate surface area is 187 Å². The Morgan fingerprint density at radius 2 is 1.68 bits per heavy atom. The minimum absolute atomic E-state index is 0.0695. The quantitative estimate of drug-likeness (QED) is 0.277. The third-order valence-corrected chi connectivity index (χ3v) is 5.44. The first kappa shape index (κ1) is 20.8. The van der Waals surface area contributed by atoms with Crippen molar-refractivity contribution >= 4 is 39.6 Å². The Hall–Kier alpha value is -3.51. The van der Waals surface area contributed by atoms with Gasteiger partial charge in [0.05, 0.1) is 12.1 Å². The summed E-state index contributed by atoms with van der Waals surface area (Å²) in [6, 6.07) is 22.1. The van der Waals surface area contributed by atoms with Crippen LogP contribution in [0, 0.1) is 20.8 Å². The second-order valence-corrected chi connectivity index (χ2v) is 8.10. The first-order valence-electron chi connectivity index (χ1n) is 10.1. The van der Waals surface area contributed by atoms with Crippen LogP contribution >= 0.6 is 12.2 Å². The molecule has 0 amide bonds. The number of azo groups is 1. The molecule has 2 N–H and O–H groups in total. The summed E-state index contributed by atoms with van der Waals surface area (Å²) in [7, 11) is 0. The van der Waals surface area contributed by atoms with Gasteiger partial charge in [-0.1, -0.05) is 60.2 Å². The molecule has 1 aromatic heterocycles. The second-order valence-electron chi connectivity index (χ2n) is 7.71. The molecule has 6 heteroatoms. The fourth-order valence-electron chi connectivity index (χ4n) is 3.51. The van der Waals surface area contributed by atoms with Crippen molar-refractivity contribution < 1.29 is 5.11 Å². The number of nitrogens with zero attached hydrogens (tertiary/aromatic N) is 3. The monoisotopic (exact) mass is 428 g/mol. The minimum Gasteiger partial charge on any atom is -0.493 e. The van der Waals surface area contributed by atoms with Gasteiger partial charge in [0.2, 0.25) is 11.0 Å². The Kier molecular flexibility index (Phi) is 5.82. The highest BCUT2D eigenvalue weighted by Gasteiger charge is 2.16. The Bertz CT molecular complexity index is 1290. The zero-order valence-corrected chi connectivity index (χ0v) is 18.6. The predicted molar refractivity (Wildman–Crippen MR) is 131 cm³/mol. The number of hydrogen-bond donors (Lipinski definition) is 2. The molecular formula is C25H24N4OS. The minimum atomic E-state index is 0.0695. The summed E-state index contributed by atoms with van der Waals surface area (Å²) in [5.41, 5.74) is 6.69. The fourth-order valence-corrected chi connectivity index (χ4v) is 3.66. The van der Waals surface area contributed by atoms with E-state index in [2.05, 4.69) is 46.7 Å². The van der Waals surface area contributed by atoms with Crippen LogP contribution < -0.4 is 5.32 Å². The van der Waals surface area contributed by atoms with Crippen LogP contribution in [0.3, 0.4) is 0 Å². The number of para-hydroxylation sites is 1. The average molecular weight is 429 g/mol. The molecule has 0 saturated carbocycles. The van der Waals surface area contributed by atoms with Crippen molar-refractivity contribution in [3.63, 3.8) is 0 Å². The molecule has 31 heavy (non-hydrogen) atoms. The summed E-state index contributed by atoms with van der Waals surface area (Å²) in [6.45, 7) is 6.62. The van der Waals surface area contributed by atoms with Crippen LogP contribution in [0.4, 0.5) is 11.4 Å². The molecule has 0 atom stereocenters. The van der Waals surface area contributed by atoms with E-state index in [0.29, 0.717) is 12.2 Å². The molecule has 0 saturated heterocycles. The third-order valence-electron chi connectivity index (χ3n) is 5.25. The zero-order valence-electron chi connectivity index (χ0n) is 17.8. The maximum Gasteiger partial charge on any atom is 0.221 e. The van der Waals surface area contributed by atoms with E-state index in [1.165, 1.54) is 5.56 Å². The van der Waals surface area contributed by atoms with E-state index in [9.17, 15) is 5.11 Å². The molecule has 156 valence electrons. The molecular weight excluding hydrogens is 404 g/mol. The summed E-state index contributed by atoms with van der Waals surface area (Å²) < 4.78 is 1.84. The lowest BCUT2D eigenvalue weighted by atomic mass is 10.1. The maximum atomic E-state index is 11.0. The van der Waals surface area contributed by atoms with Gasteiger partial charge in [0.15, 0.2) is 5.69 Å². The van der Waals surface area contributed by atoms with Gasteiger partial charge >= 0.3 is 0 Å². The van der Waals surface area contributed by atoms with Gasteiger partial charge in [-0.25, -0.2) is 0 Å². The number of nitrogens with one attached hydrogen (secondary N) is 1. The van der Waals surface area contributed by atoms with E-state index < -0.39 is 0 Å². The van der Waals surface area contributed by atoms with Gasteiger partial charge in [0, 0.05) is 11.1 Å². The second kappa shape index (κ2) is 8.70. The van der Waals surface area contributed by atoms with Crippen LogP contribution in [0.15, 0.2) is 77.0 Å². The largest absolute Gasteiger partial charge is 0.493 e. The molecule has 0 aliphatic carbocycles. The van der Waals surface area contributed by atoms with Crippen molar-refractivity contribution in [3.8, 4) is 5.88 Å². The van der Waals surface area contributed by atoms with Crippen LogP contribution in [0.25, 0.3) is 10.9 Å².